The molecule has 3 aromatic heterocycles. The third-order valence-electron chi connectivity index (χ3n) is 5.29. The van der Waals surface area contributed by atoms with Gasteiger partial charge in [0, 0.05) is 50.0 Å². The molecule has 0 aliphatic carbocycles. The number of pyridine rings is 1. The smallest absolute Gasteiger partial charge is 0.272 e. The average Bonchev–Trinajstić information content (AvgIpc) is 3.33. The number of rotatable bonds is 3. The van der Waals surface area contributed by atoms with Crippen LogP contribution in [-0.2, 0) is 0 Å². The van der Waals surface area contributed by atoms with Crippen LogP contribution in [0.25, 0.3) is 16.7 Å². The van der Waals surface area contributed by atoms with Gasteiger partial charge in [-0.05, 0) is 19.1 Å². The molecule has 0 unspecified atom stereocenters. The number of carbonyl (C=O) groups is 1. The molecule has 4 heterocycles. The molecular formula is C22H21N7O. The monoisotopic (exact) mass is 399 g/mol. The van der Waals surface area contributed by atoms with Crippen LogP contribution in [0, 0.1) is 6.92 Å². The van der Waals surface area contributed by atoms with Crippen LogP contribution in [0.1, 0.15) is 16.3 Å². The first kappa shape index (κ1) is 18.2. The summed E-state index contributed by atoms with van der Waals surface area (Å²) in [4.78, 5) is 34.7. The van der Waals surface area contributed by atoms with Crippen LogP contribution < -0.4 is 4.90 Å². The average molecular weight is 399 g/mol. The van der Waals surface area contributed by atoms with Gasteiger partial charge < -0.3 is 9.80 Å². The Bertz CT molecular complexity index is 1200. The van der Waals surface area contributed by atoms with Crippen LogP contribution in [-0.4, -0.2) is 61.5 Å². The van der Waals surface area contributed by atoms with Gasteiger partial charge in [-0.15, -0.1) is 0 Å². The Morgan fingerprint density at radius 3 is 2.53 bits per heavy atom. The molecule has 1 aromatic carbocycles. The number of anilines is 1. The second-order valence-corrected chi connectivity index (χ2v) is 7.27. The van der Waals surface area contributed by atoms with E-state index >= 15 is 0 Å². The van der Waals surface area contributed by atoms with E-state index in [-0.39, 0.29) is 5.91 Å². The molecule has 0 saturated carbocycles. The summed E-state index contributed by atoms with van der Waals surface area (Å²) >= 11 is 0. The van der Waals surface area contributed by atoms with Gasteiger partial charge in [0.05, 0.1) is 5.52 Å². The van der Waals surface area contributed by atoms with Gasteiger partial charge in [0.1, 0.15) is 29.5 Å². The number of nitrogens with zero attached hydrogens (tertiary/aromatic N) is 7. The van der Waals surface area contributed by atoms with Crippen LogP contribution in [0.3, 0.4) is 0 Å². The van der Waals surface area contributed by atoms with E-state index in [2.05, 4.69) is 24.8 Å². The second-order valence-electron chi connectivity index (χ2n) is 7.27. The van der Waals surface area contributed by atoms with E-state index in [0.717, 1.165) is 22.5 Å². The van der Waals surface area contributed by atoms with Gasteiger partial charge in [0.25, 0.3) is 5.91 Å². The van der Waals surface area contributed by atoms with Crippen LogP contribution in [0.4, 0.5) is 5.82 Å². The number of aromatic nitrogens is 5. The Labute approximate surface area is 173 Å². The first-order valence-corrected chi connectivity index (χ1v) is 9.91. The highest BCUT2D eigenvalue weighted by molar-refractivity contribution is 5.95. The highest BCUT2D eigenvalue weighted by Gasteiger charge is 2.24. The van der Waals surface area contributed by atoms with Crippen LogP contribution >= 0.6 is 0 Å². The molecule has 0 N–H and O–H groups in total. The van der Waals surface area contributed by atoms with Gasteiger partial charge in [-0.3, -0.25) is 9.36 Å². The lowest BCUT2D eigenvalue weighted by Crippen LogP contribution is -2.49. The van der Waals surface area contributed by atoms with Crippen molar-refractivity contribution in [3.8, 4) is 5.82 Å². The van der Waals surface area contributed by atoms with Gasteiger partial charge in [-0.1, -0.05) is 24.3 Å². The molecule has 30 heavy (non-hydrogen) atoms. The van der Waals surface area contributed by atoms with Crippen LogP contribution in [0.15, 0.2) is 61.2 Å². The second kappa shape index (κ2) is 7.55. The predicted octanol–water partition coefficient (Wildman–Crippen LogP) is 2.48. The number of carbonyl (C=O) groups excluding carboxylic acids is 1. The number of piperazine rings is 1. The molecule has 1 amide bonds. The molecule has 0 bridgehead atoms. The number of aryl methyl sites for hydroxylation is 1. The minimum absolute atomic E-state index is 0.0293. The fourth-order valence-electron chi connectivity index (χ4n) is 3.71. The van der Waals surface area contributed by atoms with Crippen LogP contribution in [0.5, 0.6) is 0 Å². The number of fused-ring (bicyclic) bond motifs is 1. The summed E-state index contributed by atoms with van der Waals surface area (Å²) in [6.45, 7) is 4.54. The quantitative estimate of drug-likeness (QED) is 0.527. The minimum atomic E-state index is -0.0293. The highest BCUT2D eigenvalue weighted by atomic mass is 16.2. The summed E-state index contributed by atoms with van der Waals surface area (Å²) in [7, 11) is 0. The van der Waals surface area contributed by atoms with Crippen molar-refractivity contribution < 1.29 is 4.79 Å². The topological polar surface area (TPSA) is 80.0 Å². The van der Waals surface area contributed by atoms with Gasteiger partial charge in [-0.25, -0.2) is 19.9 Å². The SMILES string of the molecule is Cc1nc(N2CCN(C(=O)c3ccc4ccccc4n3)CC2)cc(-n2ccnc2)n1. The molecule has 0 spiro atoms. The zero-order valence-electron chi connectivity index (χ0n) is 16.6. The Morgan fingerprint density at radius 1 is 0.933 bits per heavy atom. The summed E-state index contributed by atoms with van der Waals surface area (Å²) < 4.78 is 1.86. The summed E-state index contributed by atoms with van der Waals surface area (Å²) in [6.07, 6.45) is 5.31. The van der Waals surface area contributed by atoms with Crippen molar-refractivity contribution in [2.45, 2.75) is 6.92 Å². The number of imidazole rings is 1. The normalized spacial score (nSPS) is 14.3. The highest BCUT2D eigenvalue weighted by Crippen LogP contribution is 2.19. The maximum absolute atomic E-state index is 13.0. The summed E-state index contributed by atoms with van der Waals surface area (Å²) in [5, 5.41) is 1.03. The number of para-hydroxylation sites is 1. The zero-order valence-corrected chi connectivity index (χ0v) is 16.6. The zero-order chi connectivity index (χ0) is 20.5. The molecule has 1 fully saturated rings. The van der Waals surface area contributed by atoms with E-state index in [1.165, 1.54) is 0 Å². The fraction of sp³-hybridized carbons (Fsp3) is 0.227. The van der Waals surface area contributed by atoms with E-state index < -0.39 is 0 Å². The molecule has 1 saturated heterocycles. The van der Waals surface area contributed by atoms with Gasteiger partial charge in [-0.2, -0.15) is 0 Å². The lowest BCUT2D eigenvalue weighted by molar-refractivity contribution is 0.0741. The van der Waals surface area contributed by atoms with E-state index in [0.29, 0.717) is 37.7 Å². The van der Waals surface area contributed by atoms with E-state index in [1.807, 2.05) is 65.1 Å². The Hall–Kier alpha value is -3.81. The van der Waals surface area contributed by atoms with Crippen LogP contribution in [0.2, 0.25) is 0 Å². The molecule has 150 valence electrons. The van der Waals surface area contributed by atoms with Crippen molar-refractivity contribution in [1.82, 2.24) is 29.4 Å². The Balaban J connectivity index is 1.31. The molecule has 5 rings (SSSR count). The number of hydrogen-bond donors (Lipinski definition) is 0. The van der Waals surface area contributed by atoms with Crippen molar-refractivity contribution in [2.75, 3.05) is 31.1 Å². The van der Waals surface area contributed by atoms with Crippen molar-refractivity contribution >= 4 is 22.6 Å². The molecule has 4 aromatic rings. The molecular weight excluding hydrogens is 378 g/mol. The summed E-state index contributed by atoms with van der Waals surface area (Å²) in [5.74, 6) is 2.32. The fourth-order valence-corrected chi connectivity index (χ4v) is 3.71. The largest absolute Gasteiger partial charge is 0.353 e. The van der Waals surface area contributed by atoms with Gasteiger partial charge in [0.15, 0.2) is 0 Å². The summed E-state index contributed by atoms with van der Waals surface area (Å²) in [5.41, 5.74) is 1.33. The molecule has 8 heteroatoms. The molecule has 0 atom stereocenters. The standard InChI is InChI=1S/C22H21N7O/c1-16-24-20(14-21(25-16)29-9-8-23-15-29)27-10-12-28(13-11-27)22(30)19-7-6-17-4-2-3-5-18(17)26-19/h2-9,14-15H,10-13H2,1H3. The Kier molecular flexibility index (Phi) is 4.59. The van der Waals surface area contributed by atoms with Crippen molar-refractivity contribution in [3.63, 3.8) is 0 Å². The maximum atomic E-state index is 13.0. The van der Waals surface area contributed by atoms with E-state index in [9.17, 15) is 4.79 Å². The summed E-state index contributed by atoms with van der Waals surface area (Å²) in [6, 6.07) is 13.5. The van der Waals surface area contributed by atoms with Crippen molar-refractivity contribution in [1.29, 1.82) is 0 Å². The van der Waals surface area contributed by atoms with Gasteiger partial charge in [0.2, 0.25) is 0 Å². The molecule has 1 aliphatic rings. The van der Waals surface area contributed by atoms with Gasteiger partial charge >= 0.3 is 0 Å². The van der Waals surface area contributed by atoms with E-state index in [1.54, 1.807) is 12.5 Å². The minimum Gasteiger partial charge on any atom is -0.353 e. The third-order valence-corrected chi connectivity index (χ3v) is 5.29. The first-order valence-electron chi connectivity index (χ1n) is 9.91. The Morgan fingerprint density at radius 2 is 1.73 bits per heavy atom. The predicted molar refractivity (Wildman–Crippen MR) is 114 cm³/mol. The lowest BCUT2D eigenvalue weighted by atomic mass is 10.2. The lowest BCUT2D eigenvalue weighted by Gasteiger charge is -2.35. The third kappa shape index (κ3) is 3.47. The van der Waals surface area contributed by atoms with E-state index in [4.69, 9.17) is 0 Å². The maximum Gasteiger partial charge on any atom is 0.272 e. The number of hydrogen-bond acceptors (Lipinski definition) is 6. The van der Waals surface area contributed by atoms with Crippen molar-refractivity contribution in [3.05, 3.63) is 72.7 Å². The molecule has 0 radical (unpaired) electrons. The number of benzene rings is 1. The number of amides is 1. The molecule has 8 nitrogen and oxygen atoms in total. The van der Waals surface area contributed by atoms with Crippen molar-refractivity contribution in [2.24, 2.45) is 0 Å². The first-order chi connectivity index (χ1) is 14.7. The molecule has 1 aliphatic heterocycles.